The monoisotopic (exact) mass is 434 g/mol. The number of fused-ring (bicyclic) bond motifs is 1. The summed E-state index contributed by atoms with van der Waals surface area (Å²) in [6.45, 7) is 11.6. The Hall–Kier alpha value is -3.22. The number of aryl methyl sites for hydroxylation is 3. The summed E-state index contributed by atoms with van der Waals surface area (Å²) in [4.78, 5) is 30.7. The molecular weight excluding hydrogens is 404 g/mol. The van der Waals surface area contributed by atoms with Crippen molar-refractivity contribution in [3.8, 4) is 0 Å². The van der Waals surface area contributed by atoms with Gasteiger partial charge in [-0.3, -0.25) is 4.79 Å². The third-order valence-corrected chi connectivity index (χ3v) is 5.87. The number of ether oxygens (including phenoxy) is 1. The molecule has 1 atom stereocenters. The molecule has 1 unspecified atom stereocenters. The predicted molar refractivity (Wildman–Crippen MR) is 124 cm³/mol. The molecule has 0 spiro atoms. The summed E-state index contributed by atoms with van der Waals surface area (Å²) in [6, 6.07) is 5.94. The van der Waals surface area contributed by atoms with Gasteiger partial charge in [-0.2, -0.15) is 5.10 Å². The average molecular weight is 435 g/mol. The molecule has 1 N–H and O–H groups in total. The van der Waals surface area contributed by atoms with Crippen molar-refractivity contribution in [3.05, 3.63) is 52.3 Å². The van der Waals surface area contributed by atoms with Gasteiger partial charge in [0.05, 0.1) is 17.1 Å². The summed E-state index contributed by atoms with van der Waals surface area (Å²) >= 11 is 0. The lowest BCUT2D eigenvalue weighted by Gasteiger charge is -2.17. The lowest BCUT2D eigenvalue weighted by atomic mass is 10.0. The van der Waals surface area contributed by atoms with Crippen LogP contribution in [0, 0.1) is 20.8 Å². The number of benzene rings is 1. The van der Waals surface area contributed by atoms with Crippen LogP contribution < -0.4 is 5.32 Å². The highest BCUT2D eigenvalue weighted by Gasteiger charge is 2.29. The number of pyridine rings is 1. The highest BCUT2D eigenvalue weighted by molar-refractivity contribution is 6.04. The van der Waals surface area contributed by atoms with Crippen molar-refractivity contribution < 1.29 is 14.3 Å². The fourth-order valence-electron chi connectivity index (χ4n) is 4.05. The molecule has 3 aromatic rings. The van der Waals surface area contributed by atoms with E-state index >= 15 is 0 Å². The van der Waals surface area contributed by atoms with Crippen LogP contribution >= 0.6 is 0 Å². The zero-order valence-corrected chi connectivity index (χ0v) is 19.5. The second-order valence-corrected chi connectivity index (χ2v) is 9.10. The molecule has 2 heterocycles. The Balaban J connectivity index is 1.58. The maximum Gasteiger partial charge on any atom is 0.339 e. The quantitative estimate of drug-likeness (QED) is 0.552. The molecule has 1 aromatic carbocycles. The predicted octanol–water partition coefficient (Wildman–Crippen LogP) is 5.00. The number of carbonyl (C=O) groups is 2. The van der Waals surface area contributed by atoms with Crippen molar-refractivity contribution in [3.63, 3.8) is 0 Å². The average Bonchev–Trinajstić information content (AvgIpc) is 3.48. The molecule has 168 valence electrons. The van der Waals surface area contributed by atoms with Gasteiger partial charge in [0.2, 0.25) is 0 Å². The van der Waals surface area contributed by atoms with Crippen molar-refractivity contribution in [2.24, 2.45) is 0 Å². The third-order valence-electron chi connectivity index (χ3n) is 5.87. The molecule has 32 heavy (non-hydrogen) atoms. The first-order valence-electron chi connectivity index (χ1n) is 11.1. The van der Waals surface area contributed by atoms with Crippen LogP contribution in [0.4, 0.5) is 5.69 Å². The van der Waals surface area contributed by atoms with Crippen molar-refractivity contribution in [2.75, 3.05) is 5.32 Å². The minimum Gasteiger partial charge on any atom is -0.449 e. The smallest absolute Gasteiger partial charge is 0.339 e. The number of nitrogens with one attached hydrogen (secondary N) is 1. The maximum absolute atomic E-state index is 13.1. The molecule has 2 aromatic heterocycles. The molecule has 0 bridgehead atoms. The number of aromatic nitrogens is 3. The maximum atomic E-state index is 13.1. The van der Waals surface area contributed by atoms with Gasteiger partial charge in [-0.05, 0) is 71.6 Å². The van der Waals surface area contributed by atoms with Crippen molar-refractivity contribution in [1.29, 1.82) is 0 Å². The summed E-state index contributed by atoms with van der Waals surface area (Å²) in [5.41, 5.74) is 5.80. The molecule has 1 fully saturated rings. The number of anilines is 1. The Morgan fingerprint density at radius 2 is 1.75 bits per heavy atom. The minimum absolute atomic E-state index is 0.115. The number of esters is 1. The molecule has 7 heteroatoms. The highest BCUT2D eigenvalue weighted by atomic mass is 16.5. The number of carbonyl (C=O) groups excluding carboxylic acids is 2. The van der Waals surface area contributed by atoms with Crippen LogP contribution in [0.3, 0.4) is 0 Å². The first kappa shape index (κ1) is 22.0. The number of amides is 1. The van der Waals surface area contributed by atoms with Crippen LogP contribution in [-0.4, -0.2) is 32.7 Å². The lowest BCUT2D eigenvalue weighted by molar-refractivity contribution is -0.123. The summed E-state index contributed by atoms with van der Waals surface area (Å²) < 4.78 is 7.41. The first-order valence-corrected chi connectivity index (χ1v) is 11.1. The van der Waals surface area contributed by atoms with Crippen LogP contribution in [0.2, 0.25) is 0 Å². The first-order chi connectivity index (χ1) is 15.2. The third kappa shape index (κ3) is 4.24. The van der Waals surface area contributed by atoms with E-state index in [1.165, 1.54) is 0 Å². The SMILES string of the molecule is Cc1cc(C)c(NC(=O)C(C)OC(=O)c2cc(C3CC3)nc3c2cnn3C(C)C)c(C)c1. The molecule has 4 rings (SSSR count). The minimum atomic E-state index is -0.949. The van der Waals surface area contributed by atoms with Gasteiger partial charge in [-0.15, -0.1) is 0 Å². The van der Waals surface area contributed by atoms with E-state index in [4.69, 9.17) is 9.72 Å². The number of hydrogen-bond acceptors (Lipinski definition) is 5. The van der Waals surface area contributed by atoms with Gasteiger partial charge in [-0.1, -0.05) is 17.7 Å². The Morgan fingerprint density at radius 3 is 2.34 bits per heavy atom. The van der Waals surface area contributed by atoms with E-state index in [0.717, 1.165) is 40.9 Å². The van der Waals surface area contributed by atoms with Gasteiger partial charge >= 0.3 is 5.97 Å². The Labute approximate surface area is 188 Å². The van der Waals surface area contributed by atoms with Gasteiger partial charge in [0.25, 0.3) is 5.91 Å². The summed E-state index contributed by atoms with van der Waals surface area (Å²) in [5, 5.41) is 7.98. The van der Waals surface area contributed by atoms with E-state index in [9.17, 15) is 9.59 Å². The van der Waals surface area contributed by atoms with Gasteiger partial charge in [0, 0.05) is 23.3 Å². The standard InChI is InChI=1S/C25H30N4O3/c1-13(2)29-23-20(12-26-29)19(11-21(27-23)18-7-8-18)25(31)32-17(6)24(30)28-22-15(4)9-14(3)10-16(22)5/h9-13,17-18H,7-8H2,1-6H3,(H,28,30). The molecule has 1 saturated carbocycles. The van der Waals surface area contributed by atoms with Crippen LogP contribution in [0.25, 0.3) is 11.0 Å². The number of rotatable bonds is 6. The molecule has 7 nitrogen and oxygen atoms in total. The molecule has 1 aliphatic carbocycles. The fourth-order valence-corrected chi connectivity index (χ4v) is 4.05. The number of hydrogen-bond donors (Lipinski definition) is 1. The van der Waals surface area contributed by atoms with E-state index < -0.39 is 12.1 Å². The van der Waals surface area contributed by atoms with E-state index in [-0.39, 0.29) is 11.9 Å². The zero-order valence-electron chi connectivity index (χ0n) is 19.5. The van der Waals surface area contributed by atoms with Crippen LogP contribution in [0.5, 0.6) is 0 Å². The molecule has 1 aliphatic rings. The second kappa shape index (κ2) is 8.37. The zero-order chi connectivity index (χ0) is 23.2. The molecule has 1 amide bonds. The molecular formula is C25H30N4O3. The van der Waals surface area contributed by atoms with Crippen LogP contribution in [0.1, 0.15) is 78.3 Å². The van der Waals surface area contributed by atoms with E-state index in [1.54, 1.807) is 19.2 Å². The van der Waals surface area contributed by atoms with Gasteiger partial charge in [-0.25, -0.2) is 14.5 Å². The molecule has 0 radical (unpaired) electrons. The summed E-state index contributed by atoms with van der Waals surface area (Å²) in [6.07, 6.45) is 2.84. The van der Waals surface area contributed by atoms with Gasteiger partial charge < -0.3 is 10.1 Å². The van der Waals surface area contributed by atoms with E-state index in [2.05, 4.69) is 10.4 Å². The van der Waals surface area contributed by atoms with Crippen molar-refractivity contribution >= 4 is 28.6 Å². The van der Waals surface area contributed by atoms with E-state index in [0.29, 0.717) is 22.5 Å². The van der Waals surface area contributed by atoms with E-state index in [1.807, 2.05) is 51.4 Å². The largest absolute Gasteiger partial charge is 0.449 e. The van der Waals surface area contributed by atoms with Crippen molar-refractivity contribution in [1.82, 2.24) is 14.8 Å². The molecule has 0 aliphatic heterocycles. The Morgan fingerprint density at radius 1 is 1.09 bits per heavy atom. The molecule has 0 saturated heterocycles. The highest BCUT2D eigenvalue weighted by Crippen LogP contribution is 2.40. The normalized spacial score (nSPS) is 14.6. The second-order valence-electron chi connectivity index (χ2n) is 9.10. The van der Waals surface area contributed by atoms with Gasteiger partial charge in [0.1, 0.15) is 0 Å². The Bertz CT molecular complexity index is 1180. The van der Waals surface area contributed by atoms with Crippen molar-refractivity contribution in [2.45, 2.75) is 72.4 Å². The summed E-state index contributed by atoms with van der Waals surface area (Å²) in [5.74, 6) is -0.531. The van der Waals surface area contributed by atoms with Gasteiger partial charge in [0.15, 0.2) is 11.8 Å². The summed E-state index contributed by atoms with van der Waals surface area (Å²) in [7, 11) is 0. The fraction of sp³-hybridized carbons (Fsp3) is 0.440. The topological polar surface area (TPSA) is 86.1 Å². The lowest BCUT2D eigenvalue weighted by Crippen LogP contribution is -2.30. The van der Waals surface area contributed by atoms with Crippen LogP contribution in [0.15, 0.2) is 24.4 Å². The Kier molecular flexibility index (Phi) is 5.75. The van der Waals surface area contributed by atoms with Crippen LogP contribution in [-0.2, 0) is 9.53 Å². The number of nitrogens with zero attached hydrogens (tertiary/aromatic N) is 3.